The molecule has 3 heterocycles. The lowest BCUT2D eigenvalue weighted by molar-refractivity contribution is -0.149. The molecule has 40 heavy (non-hydrogen) atoms. The minimum atomic E-state index is -4.26. The normalized spacial score (nSPS) is 22.9. The molecule has 0 unspecified atom stereocenters. The predicted molar refractivity (Wildman–Crippen MR) is 141 cm³/mol. The van der Waals surface area contributed by atoms with Crippen molar-refractivity contribution in [3.05, 3.63) is 47.1 Å². The maximum Gasteiger partial charge on any atom is 0.459 e. The first-order chi connectivity index (χ1) is 19.0. The van der Waals surface area contributed by atoms with Gasteiger partial charge in [0.2, 0.25) is 5.95 Å². The zero-order chi connectivity index (χ0) is 29.0. The summed E-state index contributed by atoms with van der Waals surface area (Å²) in [7, 11) is -4.26. The second-order valence-corrected chi connectivity index (χ2v) is 10.8. The number of benzene rings is 1. The van der Waals surface area contributed by atoms with E-state index in [9.17, 15) is 14.5 Å². The number of carbonyl (C=O) groups is 1. The van der Waals surface area contributed by atoms with E-state index in [1.54, 1.807) is 44.2 Å². The number of hydrogen-bond acceptors (Lipinski definition) is 13. The number of aromatic nitrogens is 4. The number of anilines is 2. The molecule has 4 rings (SSSR count). The first kappa shape index (κ1) is 29.0. The number of azide groups is 1. The van der Waals surface area contributed by atoms with Crippen LogP contribution in [0.3, 0.4) is 0 Å². The molecule has 0 amide bonds. The highest BCUT2D eigenvalue weighted by atomic mass is 31.2. The van der Waals surface area contributed by atoms with E-state index in [-0.39, 0.29) is 28.7 Å². The van der Waals surface area contributed by atoms with Crippen LogP contribution in [0.5, 0.6) is 5.75 Å². The van der Waals surface area contributed by atoms with E-state index < -0.39 is 56.9 Å². The van der Waals surface area contributed by atoms with E-state index in [0.717, 1.165) is 0 Å². The summed E-state index contributed by atoms with van der Waals surface area (Å²) in [5.74, 6) is -0.584. The highest BCUT2D eigenvalue weighted by Gasteiger charge is 2.46. The van der Waals surface area contributed by atoms with Gasteiger partial charge in [-0.15, -0.1) is 0 Å². The molecule has 0 bridgehead atoms. The molecular formula is C22H29N10O7P. The van der Waals surface area contributed by atoms with Gasteiger partial charge >= 0.3 is 13.7 Å². The molecule has 0 aliphatic carbocycles. The van der Waals surface area contributed by atoms with E-state index in [2.05, 4.69) is 30.1 Å². The number of ether oxygens (including phenoxy) is 2. The van der Waals surface area contributed by atoms with Gasteiger partial charge in [0.05, 0.1) is 25.1 Å². The van der Waals surface area contributed by atoms with E-state index in [4.69, 9.17) is 35.5 Å². The number of hydrogen-bond donors (Lipinski definition) is 4. The average molecular weight is 577 g/mol. The Balaban J connectivity index is 1.57. The fourth-order valence-electron chi connectivity index (χ4n) is 3.93. The topological polar surface area (TPSA) is 248 Å². The van der Waals surface area contributed by atoms with Gasteiger partial charge in [0, 0.05) is 4.91 Å². The number of nitrogens with two attached hydrogens (primary N) is 2. The highest BCUT2D eigenvalue weighted by molar-refractivity contribution is 7.52. The molecule has 1 fully saturated rings. The number of rotatable bonds is 11. The number of para-hydroxylation sites is 1. The summed E-state index contributed by atoms with van der Waals surface area (Å²) in [5.41, 5.74) is 21.1. The molecule has 6 atom stereocenters. The summed E-state index contributed by atoms with van der Waals surface area (Å²) in [4.78, 5) is 27.3. The number of nitrogen functional groups attached to an aromatic ring is 2. The maximum absolute atomic E-state index is 13.8. The number of esters is 1. The molecule has 6 N–H and O–H groups in total. The van der Waals surface area contributed by atoms with Crippen molar-refractivity contribution in [1.29, 1.82) is 0 Å². The fourth-order valence-corrected chi connectivity index (χ4v) is 5.43. The Morgan fingerprint density at radius 1 is 1.30 bits per heavy atom. The van der Waals surface area contributed by atoms with Crippen LogP contribution in [-0.4, -0.2) is 67.6 Å². The van der Waals surface area contributed by atoms with Crippen molar-refractivity contribution in [2.45, 2.75) is 57.4 Å². The Kier molecular flexibility index (Phi) is 8.73. The number of aliphatic hydroxyl groups excluding tert-OH is 1. The summed E-state index contributed by atoms with van der Waals surface area (Å²) >= 11 is 0. The fraction of sp³-hybridized carbons (Fsp3) is 0.455. The van der Waals surface area contributed by atoms with Gasteiger partial charge in [-0.25, -0.2) is 9.55 Å². The molecule has 1 aliphatic heterocycles. The largest absolute Gasteiger partial charge is 0.462 e. The minimum absolute atomic E-state index is 0.0233. The summed E-state index contributed by atoms with van der Waals surface area (Å²) in [6.07, 6.45) is -2.77. The first-order valence-electron chi connectivity index (χ1n) is 12.1. The maximum atomic E-state index is 13.8. The van der Waals surface area contributed by atoms with Crippen LogP contribution in [0.15, 0.2) is 41.8 Å². The highest BCUT2D eigenvalue weighted by Crippen LogP contribution is 2.46. The SMILES string of the molecule is CC(C)OC(=O)[C@H](C)N[P@](=O)(OC[C@H]1O[C@@H](n2cnc3c(N)nc(N)nc32)[C@H](N=[N+]=[N-])[C@@H]1O)Oc1ccccc1. The standard InChI is InChI=1S/C22H29N10O7P/c1-11(2)37-21(34)12(3)30-40(35,39-13-7-5-4-6-8-13)36-9-14-17(33)15(29-31-25)20(38-14)32-10-26-16-18(23)27-22(24)28-19(16)32/h4-8,10-12,14-15,17,20,33H,9H2,1-3H3,(H,30,35)(H4,23,24,27,28)/t12-,14+,15+,17+,20+,40-/m0/s1. The molecule has 0 radical (unpaired) electrons. The summed E-state index contributed by atoms with van der Waals surface area (Å²) < 4.78 is 37.5. The lowest BCUT2D eigenvalue weighted by Crippen LogP contribution is -2.37. The van der Waals surface area contributed by atoms with Crippen molar-refractivity contribution in [3.63, 3.8) is 0 Å². The van der Waals surface area contributed by atoms with Crippen molar-refractivity contribution in [2.75, 3.05) is 18.1 Å². The van der Waals surface area contributed by atoms with Gasteiger partial charge in [0.1, 0.15) is 35.7 Å². The number of fused-ring (bicyclic) bond motifs is 1. The first-order valence-corrected chi connectivity index (χ1v) is 13.7. The monoisotopic (exact) mass is 576 g/mol. The quantitative estimate of drug-likeness (QED) is 0.0840. The molecule has 3 aromatic rings. The zero-order valence-electron chi connectivity index (χ0n) is 21.8. The lowest BCUT2D eigenvalue weighted by Gasteiger charge is -2.25. The third-order valence-electron chi connectivity index (χ3n) is 5.70. The second kappa shape index (κ2) is 12.0. The molecule has 2 aromatic heterocycles. The van der Waals surface area contributed by atoms with Crippen LogP contribution in [-0.2, 0) is 23.4 Å². The van der Waals surface area contributed by atoms with Crippen molar-refractivity contribution >= 4 is 36.6 Å². The molecule has 1 aliphatic rings. The Morgan fingerprint density at radius 2 is 2.02 bits per heavy atom. The lowest BCUT2D eigenvalue weighted by atomic mass is 10.1. The molecule has 17 nitrogen and oxygen atoms in total. The van der Waals surface area contributed by atoms with Crippen molar-refractivity contribution in [2.24, 2.45) is 5.11 Å². The van der Waals surface area contributed by atoms with Crippen LogP contribution < -0.4 is 21.1 Å². The Morgan fingerprint density at radius 3 is 2.70 bits per heavy atom. The van der Waals surface area contributed by atoms with Crippen LogP contribution in [0, 0.1) is 0 Å². The number of nitrogens with zero attached hydrogens (tertiary/aromatic N) is 7. The third-order valence-corrected chi connectivity index (χ3v) is 7.34. The van der Waals surface area contributed by atoms with Crippen LogP contribution in [0.1, 0.15) is 27.0 Å². The van der Waals surface area contributed by atoms with Gasteiger partial charge in [-0.3, -0.25) is 13.9 Å². The number of carbonyl (C=O) groups excluding carboxylic acids is 1. The smallest absolute Gasteiger partial charge is 0.459 e. The van der Waals surface area contributed by atoms with Gasteiger partial charge in [0.25, 0.3) is 0 Å². The van der Waals surface area contributed by atoms with Gasteiger partial charge in [-0.05, 0) is 38.4 Å². The van der Waals surface area contributed by atoms with Crippen LogP contribution in [0.25, 0.3) is 21.6 Å². The van der Waals surface area contributed by atoms with Crippen molar-refractivity contribution in [3.8, 4) is 5.75 Å². The predicted octanol–water partition coefficient (Wildman–Crippen LogP) is 2.06. The van der Waals surface area contributed by atoms with Crippen LogP contribution in [0.4, 0.5) is 11.8 Å². The Hall–Kier alpha value is -3.98. The minimum Gasteiger partial charge on any atom is -0.462 e. The molecule has 0 spiro atoms. The Bertz CT molecular complexity index is 1450. The number of imidazole rings is 1. The van der Waals surface area contributed by atoms with Crippen LogP contribution >= 0.6 is 7.75 Å². The second-order valence-electron chi connectivity index (χ2n) is 9.08. The van der Waals surface area contributed by atoms with Gasteiger partial charge < -0.3 is 30.6 Å². The number of aliphatic hydroxyl groups is 1. The molecular weight excluding hydrogens is 547 g/mol. The molecule has 1 saturated heterocycles. The summed E-state index contributed by atoms with van der Waals surface area (Å²) in [5, 5.41) is 17.2. The van der Waals surface area contributed by atoms with Crippen molar-refractivity contribution in [1.82, 2.24) is 24.6 Å². The molecule has 1 aromatic carbocycles. The van der Waals surface area contributed by atoms with E-state index in [0.29, 0.717) is 0 Å². The van der Waals surface area contributed by atoms with E-state index in [1.807, 2.05) is 0 Å². The van der Waals surface area contributed by atoms with Crippen molar-refractivity contribution < 1.29 is 33.0 Å². The van der Waals surface area contributed by atoms with Gasteiger partial charge in [-0.2, -0.15) is 15.1 Å². The molecule has 214 valence electrons. The van der Waals surface area contributed by atoms with E-state index in [1.165, 1.54) is 17.8 Å². The molecule has 18 heteroatoms. The summed E-state index contributed by atoms with van der Waals surface area (Å²) in [6, 6.07) is 5.90. The van der Waals surface area contributed by atoms with E-state index >= 15 is 0 Å². The average Bonchev–Trinajstić information content (AvgIpc) is 3.44. The molecule has 0 saturated carbocycles. The zero-order valence-corrected chi connectivity index (χ0v) is 22.7. The third kappa shape index (κ3) is 6.42. The Labute approximate surface area is 228 Å². The number of nitrogens with one attached hydrogen (secondary N) is 1. The van der Waals surface area contributed by atoms with Crippen LogP contribution in [0.2, 0.25) is 0 Å². The summed E-state index contributed by atoms with van der Waals surface area (Å²) in [6.45, 7) is 4.29. The van der Waals surface area contributed by atoms with Gasteiger partial charge in [0.15, 0.2) is 11.5 Å². The van der Waals surface area contributed by atoms with Gasteiger partial charge in [-0.1, -0.05) is 23.3 Å².